The first kappa shape index (κ1) is 21.4. The van der Waals surface area contributed by atoms with Crippen molar-refractivity contribution in [3.8, 4) is 17.2 Å². The molecule has 0 radical (unpaired) electrons. The van der Waals surface area contributed by atoms with Gasteiger partial charge in [0.2, 0.25) is 5.75 Å². The predicted molar refractivity (Wildman–Crippen MR) is 113 cm³/mol. The number of rotatable bonds is 12. The maximum absolute atomic E-state index is 12.5. The number of nitrogens with one attached hydrogen (secondary N) is 1. The fourth-order valence-electron chi connectivity index (χ4n) is 2.42. The Morgan fingerprint density at radius 1 is 1.07 bits per heavy atom. The Labute approximate surface area is 169 Å². The third-order valence-electron chi connectivity index (χ3n) is 3.55. The van der Waals surface area contributed by atoms with Crippen LogP contribution in [-0.4, -0.2) is 38.0 Å². The summed E-state index contributed by atoms with van der Waals surface area (Å²) in [5.74, 6) is 3.28. The first-order valence-electron chi connectivity index (χ1n) is 9.13. The summed E-state index contributed by atoms with van der Waals surface area (Å²) in [7, 11) is 0. The SMILES string of the molecule is CCOc1cc(C(=O)NCCSCc2ccsc2)cc(OCC)c1OCC. The zero-order valence-electron chi connectivity index (χ0n) is 16.1. The summed E-state index contributed by atoms with van der Waals surface area (Å²) in [4.78, 5) is 12.5. The lowest BCUT2D eigenvalue weighted by atomic mass is 10.1. The van der Waals surface area contributed by atoms with Gasteiger partial charge in [0.15, 0.2) is 11.5 Å². The molecule has 1 amide bonds. The maximum atomic E-state index is 12.5. The van der Waals surface area contributed by atoms with Crippen LogP contribution in [0, 0.1) is 0 Å². The smallest absolute Gasteiger partial charge is 0.251 e. The Balaban J connectivity index is 1.98. The molecule has 0 fully saturated rings. The largest absolute Gasteiger partial charge is 0.490 e. The fourth-order valence-corrected chi connectivity index (χ4v) is 4.00. The van der Waals surface area contributed by atoms with Crippen molar-refractivity contribution in [2.45, 2.75) is 26.5 Å². The van der Waals surface area contributed by atoms with E-state index < -0.39 is 0 Å². The minimum absolute atomic E-state index is 0.143. The highest BCUT2D eigenvalue weighted by atomic mass is 32.2. The monoisotopic (exact) mass is 409 g/mol. The van der Waals surface area contributed by atoms with E-state index in [1.54, 1.807) is 35.2 Å². The van der Waals surface area contributed by atoms with Gasteiger partial charge in [0.1, 0.15) is 0 Å². The van der Waals surface area contributed by atoms with Crippen LogP contribution in [0.1, 0.15) is 36.7 Å². The van der Waals surface area contributed by atoms with Gasteiger partial charge in [-0.25, -0.2) is 0 Å². The number of carbonyl (C=O) groups is 1. The molecule has 1 N–H and O–H groups in total. The van der Waals surface area contributed by atoms with E-state index in [2.05, 4.69) is 22.1 Å². The molecular weight excluding hydrogens is 382 g/mol. The number of thiophene rings is 1. The van der Waals surface area contributed by atoms with Gasteiger partial charge in [-0.15, -0.1) is 0 Å². The summed E-state index contributed by atoms with van der Waals surface area (Å²) in [6.07, 6.45) is 0. The van der Waals surface area contributed by atoms with E-state index in [9.17, 15) is 4.79 Å². The van der Waals surface area contributed by atoms with Gasteiger partial charge in [-0.3, -0.25) is 4.79 Å². The normalized spacial score (nSPS) is 10.5. The van der Waals surface area contributed by atoms with Gasteiger partial charge in [0.05, 0.1) is 19.8 Å². The second-order valence-electron chi connectivity index (χ2n) is 5.54. The molecule has 148 valence electrons. The summed E-state index contributed by atoms with van der Waals surface area (Å²) in [5.41, 5.74) is 1.83. The molecule has 0 unspecified atom stereocenters. The number of amides is 1. The lowest BCUT2D eigenvalue weighted by Gasteiger charge is -2.17. The molecular formula is C20H27NO4S2. The van der Waals surface area contributed by atoms with Gasteiger partial charge in [-0.05, 0) is 55.3 Å². The highest BCUT2D eigenvalue weighted by molar-refractivity contribution is 7.98. The van der Waals surface area contributed by atoms with Gasteiger partial charge in [-0.2, -0.15) is 23.1 Å². The van der Waals surface area contributed by atoms with E-state index in [1.807, 2.05) is 20.8 Å². The molecule has 5 nitrogen and oxygen atoms in total. The van der Waals surface area contributed by atoms with E-state index in [-0.39, 0.29) is 5.91 Å². The molecule has 1 aromatic heterocycles. The van der Waals surface area contributed by atoms with Crippen LogP contribution in [0.2, 0.25) is 0 Å². The molecule has 1 aromatic carbocycles. The number of benzene rings is 1. The molecule has 2 rings (SSSR count). The van der Waals surface area contributed by atoms with Crippen LogP contribution in [0.4, 0.5) is 0 Å². The summed E-state index contributed by atoms with van der Waals surface area (Å²) < 4.78 is 17.0. The first-order valence-corrected chi connectivity index (χ1v) is 11.2. The molecule has 0 aliphatic rings. The Kier molecular flexibility index (Phi) is 9.35. The average molecular weight is 410 g/mol. The third kappa shape index (κ3) is 6.66. The van der Waals surface area contributed by atoms with Crippen LogP contribution in [0.3, 0.4) is 0 Å². The molecule has 7 heteroatoms. The molecule has 27 heavy (non-hydrogen) atoms. The van der Waals surface area contributed by atoms with Gasteiger partial charge in [-0.1, -0.05) is 0 Å². The second-order valence-corrected chi connectivity index (χ2v) is 7.43. The molecule has 0 aliphatic carbocycles. The number of carbonyl (C=O) groups excluding carboxylic acids is 1. The molecule has 0 spiro atoms. The Morgan fingerprint density at radius 3 is 2.30 bits per heavy atom. The molecule has 0 saturated heterocycles. The lowest BCUT2D eigenvalue weighted by molar-refractivity contribution is 0.0955. The molecule has 0 saturated carbocycles. The van der Waals surface area contributed by atoms with Crippen LogP contribution in [0.5, 0.6) is 17.2 Å². The van der Waals surface area contributed by atoms with E-state index in [0.717, 1.165) is 11.5 Å². The van der Waals surface area contributed by atoms with Crippen molar-refractivity contribution < 1.29 is 19.0 Å². The van der Waals surface area contributed by atoms with E-state index in [0.29, 0.717) is 49.2 Å². The fraction of sp³-hybridized carbons (Fsp3) is 0.450. The maximum Gasteiger partial charge on any atom is 0.251 e. The second kappa shape index (κ2) is 11.8. The minimum Gasteiger partial charge on any atom is -0.490 e. The van der Waals surface area contributed by atoms with Gasteiger partial charge >= 0.3 is 0 Å². The summed E-state index contributed by atoms with van der Waals surface area (Å²) in [6.45, 7) is 7.76. The van der Waals surface area contributed by atoms with Crippen molar-refractivity contribution >= 4 is 29.0 Å². The summed E-state index contributed by atoms with van der Waals surface area (Å²) >= 11 is 3.51. The molecule has 0 bridgehead atoms. The van der Waals surface area contributed by atoms with E-state index in [1.165, 1.54) is 5.56 Å². The standard InChI is InChI=1S/C20H27NO4S2/c1-4-23-17-11-16(12-18(24-5-2)19(17)25-6-3)20(22)21-8-10-27-14-15-7-9-26-13-15/h7,9,11-13H,4-6,8,10,14H2,1-3H3,(H,21,22). The molecule has 1 heterocycles. The molecule has 0 atom stereocenters. The van der Waals surface area contributed by atoms with E-state index >= 15 is 0 Å². The van der Waals surface area contributed by atoms with Crippen LogP contribution in [-0.2, 0) is 5.75 Å². The average Bonchev–Trinajstić information content (AvgIpc) is 3.17. The summed E-state index contributed by atoms with van der Waals surface area (Å²) in [5, 5.41) is 7.19. The van der Waals surface area contributed by atoms with Crippen LogP contribution in [0.15, 0.2) is 29.0 Å². The van der Waals surface area contributed by atoms with Crippen LogP contribution in [0.25, 0.3) is 0 Å². The van der Waals surface area contributed by atoms with Crippen molar-refractivity contribution in [2.75, 3.05) is 32.1 Å². The van der Waals surface area contributed by atoms with Crippen molar-refractivity contribution in [3.05, 3.63) is 40.1 Å². The van der Waals surface area contributed by atoms with Gasteiger partial charge < -0.3 is 19.5 Å². The van der Waals surface area contributed by atoms with Crippen molar-refractivity contribution in [3.63, 3.8) is 0 Å². The van der Waals surface area contributed by atoms with Crippen molar-refractivity contribution in [2.24, 2.45) is 0 Å². The van der Waals surface area contributed by atoms with Crippen LogP contribution < -0.4 is 19.5 Å². The van der Waals surface area contributed by atoms with Gasteiger partial charge in [0, 0.05) is 23.6 Å². The molecule has 2 aromatic rings. The Bertz CT molecular complexity index is 677. The number of hydrogen-bond donors (Lipinski definition) is 1. The van der Waals surface area contributed by atoms with E-state index in [4.69, 9.17) is 14.2 Å². The van der Waals surface area contributed by atoms with Crippen LogP contribution >= 0.6 is 23.1 Å². The minimum atomic E-state index is -0.143. The number of ether oxygens (including phenoxy) is 3. The quantitative estimate of drug-likeness (QED) is 0.519. The number of hydrogen-bond acceptors (Lipinski definition) is 6. The first-order chi connectivity index (χ1) is 13.2. The Hall–Kier alpha value is -1.86. The summed E-state index contributed by atoms with van der Waals surface area (Å²) in [6, 6.07) is 5.55. The zero-order valence-corrected chi connectivity index (χ0v) is 17.7. The Morgan fingerprint density at radius 2 is 1.74 bits per heavy atom. The number of thioether (sulfide) groups is 1. The third-order valence-corrected chi connectivity index (χ3v) is 5.31. The van der Waals surface area contributed by atoms with Crippen molar-refractivity contribution in [1.82, 2.24) is 5.32 Å². The topological polar surface area (TPSA) is 56.8 Å². The van der Waals surface area contributed by atoms with Crippen molar-refractivity contribution in [1.29, 1.82) is 0 Å². The van der Waals surface area contributed by atoms with Gasteiger partial charge in [0.25, 0.3) is 5.91 Å². The predicted octanol–water partition coefficient (Wildman–Crippen LogP) is 4.61. The highest BCUT2D eigenvalue weighted by Gasteiger charge is 2.18. The lowest BCUT2D eigenvalue weighted by Crippen LogP contribution is -2.26. The molecule has 0 aliphatic heterocycles. The zero-order chi connectivity index (χ0) is 19.5. The highest BCUT2D eigenvalue weighted by Crippen LogP contribution is 2.39.